The first-order chi connectivity index (χ1) is 12.7. The average molecular weight is 372 g/mol. The Morgan fingerprint density at radius 2 is 2.23 bits per heavy atom. The summed E-state index contributed by atoms with van der Waals surface area (Å²) in [5, 5.41) is 3.07. The van der Waals surface area contributed by atoms with Gasteiger partial charge in [-0.3, -0.25) is 4.79 Å². The summed E-state index contributed by atoms with van der Waals surface area (Å²) in [5.41, 5.74) is 2.45. The molecule has 0 spiro atoms. The van der Waals surface area contributed by atoms with Crippen molar-refractivity contribution in [2.45, 2.75) is 32.7 Å². The molecular weight excluding hydrogens is 346 g/mol. The molecule has 1 aliphatic heterocycles. The van der Waals surface area contributed by atoms with Gasteiger partial charge in [0.1, 0.15) is 5.82 Å². The number of amides is 1. The fourth-order valence-electron chi connectivity index (χ4n) is 3.62. The van der Waals surface area contributed by atoms with Crippen LogP contribution in [-0.4, -0.2) is 37.2 Å². The third-order valence-electron chi connectivity index (χ3n) is 5.15. The third kappa shape index (κ3) is 3.91. The molecule has 0 aromatic carbocycles. The first kappa shape index (κ1) is 17.5. The number of nitrogens with zero attached hydrogens (tertiary/aromatic N) is 2. The van der Waals surface area contributed by atoms with Crippen molar-refractivity contribution in [2.75, 3.05) is 31.2 Å². The number of pyridine rings is 1. The van der Waals surface area contributed by atoms with E-state index in [2.05, 4.69) is 34.3 Å². The Kier molecular flexibility index (Phi) is 5.22. The molecule has 2 aromatic heterocycles. The minimum Gasteiger partial charge on any atom is -0.378 e. The highest BCUT2D eigenvalue weighted by atomic mass is 32.1. The zero-order chi connectivity index (χ0) is 17.9. The maximum atomic E-state index is 12.6. The molecule has 0 radical (unpaired) electrons. The van der Waals surface area contributed by atoms with Crippen LogP contribution >= 0.6 is 11.3 Å². The van der Waals surface area contributed by atoms with Gasteiger partial charge in [-0.05, 0) is 54.5 Å². The Labute approximate surface area is 158 Å². The summed E-state index contributed by atoms with van der Waals surface area (Å²) < 4.78 is 5.40. The van der Waals surface area contributed by atoms with Crippen molar-refractivity contribution < 1.29 is 9.53 Å². The number of carbonyl (C=O) groups excluding carboxylic acids is 1. The van der Waals surface area contributed by atoms with Crippen LogP contribution in [0.1, 0.15) is 39.0 Å². The van der Waals surface area contributed by atoms with Crippen LogP contribution in [0, 0.1) is 5.92 Å². The topological polar surface area (TPSA) is 54.5 Å². The average Bonchev–Trinajstić information content (AvgIpc) is 3.10. The highest BCUT2D eigenvalue weighted by Crippen LogP contribution is 2.32. The van der Waals surface area contributed by atoms with Crippen molar-refractivity contribution in [2.24, 2.45) is 5.92 Å². The lowest BCUT2D eigenvalue weighted by molar-refractivity contribution is 0.0955. The second-order valence-electron chi connectivity index (χ2n) is 7.21. The van der Waals surface area contributed by atoms with E-state index in [0.717, 1.165) is 61.3 Å². The van der Waals surface area contributed by atoms with Crippen LogP contribution in [-0.2, 0) is 24.1 Å². The zero-order valence-corrected chi connectivity index (χ0v) is 16.0. The van der Waals surface area contributed by atoms with E-state index in [1.807, 2.05) is 12.3 Å². The summed E-state index contributed by atoms with van der Waals surface area (Å²) in [6, 6.07) is 6.12. The van der Waals surface area contributed by atoms with Crippen LogP contribution in [0.4, 0.5) is 5.82 Å². The molecule has 5 nitrogen and oxygen atoms in total. The molecule has 1 aliphatic carbocycles. The summed E-state index contributed by atoms with van der Waals surface area (Å²) in [4.78, 5) is 21.5. The number of fused-ring (bicyclic) bond motifs is 1. The van der Waals surface area contributed by atoms with Gasteiger partial charge in [-0.15, -0.1) is 11.3 Å². The zero-order valence-electron chi connectivity index (χ0n) is 15.2. The molecule has 138 valence electrons. The van der Waals surface area contributed by atoms with Gasteiger partial charge in [-0.1, -0.05) is 6.92 Å². The van der Waals surface area contributed by atoms with Crippen molar-refractivity contribution in [3.8, 4) is 0 Å². The Morgan fingerprint density at radius 1 is 1.38 bits per heavy atom. The monoisotopic (exact) mass is 371 g/mol. The first-order valence-corrected chi connectivity index (χ1v) is 10.2. The second-order valence-corrected chi connectivity index (χ2v) is 8.35. The van der Waals surface area contributed by atoms with Crippen molar-refractivity contribution in [3.63, 3.8) is 0 Å². The molecule has 0 bridgehead atoms. The van der Waals surface area contributed by atoms with E-state index >= 15 is 0 Å². The van der Waals surface area contributed by atoms with Gasteiger partial charge >= 0.3 is 0 Å². The van der Waals surface area contributed by atoms with E-state index in [0.29, 0.717) is 6.54 Å². The van der Waals surface area contributed by atoms with Gasteiger partial charge in [0.05, 0.1) is 18.1 Å². The largest absolute Gasteiger partial charge is 0.378 e. The summed E-state index contributed by atoms with van der Waals surface area (Å²) in [6.07, 6.45) is 5.27. The minimum atomic E-state index is 0.0294. The van der Waals surface area contributed by atoms with Crippen molar-refractivity contribution in [1.29, 1.82) is 0 Å². The van der Waals surface area contributed by atoms with E-state index in [1.165, 1.54) is 16.9 Å². The van der Waals surface area contributed by atoms with Gasteiger partial charge in [-0.25, -0.2) is 4.98 Å². The number of nitrogens with one attached hydrogen (secondary N) is 1. The molecule has 26 heavy (non-hydrogen) atoms. The maximum Gasteiger partial charge on any atom is 0.261 e. The molecule has 2 aromatic rings. The second kappa shape index (κ2) is 7.76. The van der Waals surface area contributed by atoms with E-state index in [9.17, 15) is 4.79 Å². The van der Waals surface area contributed by atoms with Gasteiger partial charge in [-0.2, -0.15) is 0 Å². The fourth-order valence-corrected chi connectivity index (χ4v) is 4.75. The summed E-state index contributed by atoms with van der Waals surface area (Å²) >= 11 is 1.66. The number of aryl methyl sites for hydroxylation is 1. The molecule has 6 heteroatoms. The maximum absolute atomic E-state index is 12.6. The van der Waals surface area contributed by atoms with Crippen LogP contribution in [0.25, 0.3) is 0 Å². The van der Waals surface area contributed by atoms with Gasteiger partial charge in [0, 0.05) is 30.7 Å². The number of thiophene rings is 1. The van der Waals surface area contributed by atoms with E-state index in [4.69, 9.17) is 4.74 Å². The van der Waals surface area contributed by atoms with Gasteiger partial charge < -0.3 is 15.0 Å². The Balaban J connectivity index is 1.38. The number of carbonyl (C=O) groups is 1. The molecule has 2 aliphatic rings. The lowest BCUT2D eigenvalue weighted by Gasteiger charge is -2.28. The van der Waals surface area contributed by atoms with Crippen LogP contribution in [0.3, 0.4) is 0 Å². The van der Waals surface area contributed by atoms with Crippen LogP contribution < -0.4 is 10.2 Å². The van der Waals surface area contributed by atoms with Crippen molar-refractivity contribution in [1.82, 2.24) is 10.3 Å². The number of aromatic nitrogens is 1. The van der Waals surface area contributed by atoms with Crippen LogP contribution in [0.5, 0.6) is 0 Å². The highest BCUT2D eigenvalue weighted by molar-refractivity contribution is 7.14. The number of rotatable bonds is 4. The number of ether oxygens (including phenoxy) is 1. The third-order valence-corrected chi connectivity index (χ3v) is 6.39. The lowest BCUT2D eigenvalue weighted by Crippen LogP contribution is -2.36. The predicted molar refractivity (Wildman–Crippen MR) is 104 cm³/mol. The number of hydrogen-bond acceptors (Lipinski definition) is 5. The quantitative estimate of drug-likeness (QED) is 0.898. The normalized spacial score (nSPS) is 19.9. The fraction of sp³-hybridized carbons (Fsp3) is 0.500. The van der Waals surface area contributed by atoms with Crippen molar-refractivity contribution >= 4 is 23.1 Å². The number of morpholine rings is 1. The molecular formula is C20H25N3O2S. The van der Waals surface area contributed by atoms with E-state index in [1.54, 1.807) is 11.3 Å². The Hall–Kier alpha value is -1.92. The van der Waals surface area contributed by atoms with Crippen molar-refractivity contribution in [3.05, 3.63) is 45.3 Å². The van der Waals surface area contributed by atoms with Gasteiger partial charge in [0.25, 0.3) is 5.91 Å². The summed E-state index contributed by atoms with van der Waals surface area (Å²) in [6.45, 7) is 6.02. The standard InChI is InChI=1S/C20H25N3O2S/c1-14-2-3-17-16(10-14)12-18(26-17)20(24)22-13-15-4-5-21-19(11-15)23-6-8-25-9-7-23/h4-5,11-12,14H,2-3,6-10,13H2,1H3,(H,22,24). The molecule has 3 heterocycles. The Bertz CT molecular complexity index is 783. The molecule has 1 saturated heterocycles. The SMILES string of the molecule is CC1CCc2sc(C(=O)NCc3ccnc(N4CCOCC4)c3)cc2C1. The summed E-state index contributed by atoms with van der Waals surface area (Å²) in [5.74, 6) is 1.71. The molecule has 4 rings (SSSR count). The number of hydrogen-bond donors (Lipinski definition) is 1. The summed E-state index contributed by atoms with van der Waals surface area (Å²) in [7, 11) is 0. The number of anilines is 1. The van der Waals surface area contributed by atoms with Gasteiger partial charge in [0.15, 0.2) is 0 Å². The minimum absolute atomic E-state index is 0.0294. The van der Waals surface area contributed by atoms with Crippen LogP contribution in [0.2, 0.25) is 0 Å². The molecule has 1 N–H and O–H groups in total. The molecule has 1 atom stereocenters. The molecule has 0 saturated carbocycles. The van der Waals surface area contributed by atoms with E-state index in [-0.39, 0.29) is 5.91 Å². The molecule has 1 unspecified atom stereocenters. The highest BCUT2D eigenvalue weighted by Gasteiger charge is 2.20. The molecule has 1 amide bonds. The van der Waals surface area contributed by atoms with Gasteiger partial charge in [0.2, 0.25) is 0 Å². The molecule has 1 fully saturated rings. The van der Waals surface area contributed by atoms with E-state index < -0.39 is 0 Å². The Morgan fingerprint density at radius 3 is 3.08 bits per heavy atom. The van der Waals surface area contributed by atoms with Crippen LogP contribution in [0.15, 0.2) is 24.4 Å². The predicted octanol–water partition coefficient (Wildman–Crippen LogP) is 3.03. The smallest absolute Gasteiger partial charge is 0.261 e. The first-order valence-electron chi connectivity index (χ1n) is 9.36. The lowest BCUT2D eigenvalue weighted by atomic mass is 9.90.